The summed E-state index contributed by atoms with van der Waals surface area (Å²) in [6.45, 7) is 2.11. The molecule has 5 nitrogen and oxygen atoms in total. The largest absolute Gasteiger partial charge is 0.458 e. The molecule has 0 heterocycles. The predicted molar refractivity (Wildman–Crippen MR) is 39.5 cm³/mol. The summed E-state index contributed by atoms with van der Waals surface area (Å²) in [7, 11) is 1.47. The summed E-state index contributed by atoms with van der Waals surface area (Å²) in [5.74, 6) is -1.94. The van der Waals surface area contributed by atoms with Crippen LogP contribution in [0.4, 0.5) is 0 Å². The standard InChI is InChI=1S/C7H12O5/c1-3-11-6(8)7(9)12-5-4-10-2/h3-5H2,1-2H3. The number of carbonyl (C=O) groups excluding carboxylic acids is 2. The van der Waals surface area contributed by atoms with E-state index in [0.29, 0.717) is 0 Å². The monoisotopic (exact) mass is 176 g/mol. The zero-order valence-electron chi connectivity index (χ0n) is 7.16. The van der Waals surface area contributed by atoms with Gasteiger partial charge in [-0.15, -0.1) is 0 Å². The van der Waals surface area contributed by atoms with Crippen LogP contribution in [0.1, 0.15) is 6.92 Å². The highest BCUT2D eigenvalue weighted by Gasteiger charge is 2.15. The molecule has 0 aliphatic rings. The van der Waals surface area contributed by atoms with Crippen LogP contribution in [0.25, 0.3) is 0 Å². The van der Waals surface area contributed by atoms with Gasteiger partial charge in [-0.2, -0.15) is 0 Å². The van der Waals surface area contributed by atoms with Crippen molar-refractivity contribution in [3.05, 3.63) is 0 Å². The van der Waals surface area contributed by atoms with Crippen molar-refractivity contribution in [1.82, 2.24) is 0 Å². The number of rotatable bonds is 4. The fraction of sp³-hybridized carbons (Fsp3) is 0.714. The summed E-state index contributed by atoms with van der Waals surface area (Å²) >= 11 is 0. The second kappa shape index (κ2) is 6.60. The molecule has 0 aromatic rings. The quantitative estimate of drug-likeness (QED) is 0.335. The van der Waals surface area contributed by atoms with E-state index in [9.17, 15) is 9.59 Å². The number of carbonyl (C=O) groups is 2. The van der Waals surface area contributed by atoms with E-state index < -0.39 is 11.9 Å². The molecule has 0 atom stereocenters. The van der Waals surface area contributed by atoms with Gasteiger partial charge in [0.2, 0.25) is 0 Å². The van der Waals surface area contributed by atoms with Crippen molar-refractivity contribution < 1.29 is 23.8 Å². The predicted octanol–water partition coefficient (Wildman–Crippen LogP) is -0.261. The van der Waals surface area contributed by atoms with Gasteiger partial charge in [-0.25, -0.2) is 9.59 Å². The van der Waals surface area contributed by atoms with Crippen LogP contribution in [0.5, 0.6) is 0 Å². The summed E-state index contributed by atoms with van der Waals surface area (Å²) in [6.07, 6.45) is 0. The lowest BCUT2D eigenvalue weighted by atomic mass is 10.6. The van der Waals surface area contributed by atoms with Crippen LogP contribution in [-0.4, -0.2) is 38.9 Å². The van der Waals surface area contributed by atoms with Crippen molar-refractivity contribution in [3.8, 4) is 0 Å². The van der Waals surface area contributed by atoms with Gasteiger partial charge in [0, 0.05) is 7.11 Å². The Balaban J connectivity index is 3.50. The topological polar surface area (TPSA) is 61.8 Å². The third kappa shape index (κ3) is 4.68. The molecular weight excluding hydrogens is 164 g/mol. The second-order valence-electron chi connectivity index (χ2n) is 1.85. The Morgan fingerprint density at radius 1 is 1.08 bits per heavy atom. The molecule has 5 heteroatoms. The van der Waals surface area contributed by atoms with Gasteiger partial charge in [-0.05, 0) is 6.92 Å². The van der Waals surface area contributed by atoms with E-state index in [1.54, 1.807) is 6.92 Å². The summed E-state index contributed by atoms with van der Waals surface area (Å²) in [6, 6.07) is 0. The molecule has 0 fully saturated rings. The molecule has 0 bridgehead atoms. The zero-order chi connectivity index (χ0) is 9.40. The lowest BCUT2D eigenvalue weighted by Crippen LogP contribution is -2.21. The third-order valence-corrected chi connectivity index (χ3v) is 0.963. The third-order valence-electron chi connectivity index (χ3n) is 0.963. The zero-order valence-corrected chi connectivity index (χ0v) is 7.16. The molecule has 0 radical (unpaired) electrons. The van der Waals surface area contributed by atoms with Crippen LogP contribution in [0.3, 0.4) is 0 Å². The van der Waals surface area contributed by atoms with E-state index in [1.165, 1.54) is 7.11 Å². The highest BCUT2D eigenvalue weighted by atomic mass is 16.6. The van der Waals surface area contributed by atoms with Gasteiger partial charge in [-0.1, -0.05) is 0 Å². The van der Waals surface area contributed by atoms with Crippen molar-refractivity contribution in [2.24, 2.45) is 0 Å². The first-order valence-corrected chi connectivity index (χ1v) is 3.55. The van der Waals surface area contributed by atoms with E-state index in [2.05, 4.69) is 14.2 Å². The first-order chi connectivity index (χ1) is 5.72. The summed E-state index contributed by atoms with van der Waals surface area (Å²) in [5, 5.41) is 0. The summed E-state index contributed by atoms with van der Waals surface area (Å²) in [5.41, 5.74) is 0. The highest BCUT2D eigenvalue weighted by Crippen LogP contribution is 1.84. The van der Waals surface area contributed by atoms with Crippen LogP contribution >= 0.6 is 0 Å². The van der Waals surface area contributed by atoms with Crippen molar-refractivity contribution in [1.29, 1.82) is 0 Å². The van der Waals surface area contributed by atoms with Gasteiger partial charge in [0.15, 0.2) is 0 Å². The smallest absolute Gasteiger partial charge is 0.417 e. The van der Waals surface area contributed by atoms with Crippen molar-refractivity contribution in [2.45, 2.75) is 6.92 Å². The van der Waals surface area contributed by atoms with Crippen molar-refractivity contribution in [2.75, 3.05) is 26.9 Å². The lowest BCUT2D eigenvalue weighted by molar-refractivity contribution is -0.168. The van der Waals surface area contributed by atoms with Gasteiger partial charge in [0.1, 0.15) is 6.61 Å². The maximum atomic E-state index is 10.7. The van der Waals surface area contributed by atoms with Gasteiger partial charge in [0.05, 0.1) is 13.2 Å². The van der Waals surface area contributed by atoms with Gasteiger partial charge >= 0.3 is 11.9 Å². The first-order valence-electron chi connectivity index (χ1n) is 3.55. The highest BCUT2D eigenvalue weighted by molar-refractivity contribution is 6.29. The van der Waals surface area contributed by atoms with Crippen LogP contribution < -0.4 is 0 Å². The van der Waals surface area contributed by atoms with Gasteiger partial charge in [0.25, 0.3) is 0 Å². The van der Waals surface area contributed by atoms with E-state index in [0.717, 1.165) is 0 Å². The number of hydrogen-bond acceptors (Lipinski definition) is 5. The molecule has 0 aliphatic carbocycles. The maximum Gasteiger partial charge on any atom is 0.417 e. The average Bonchev–Trinajstić information content (AvgIpc) is 2.05. The molecule has 0 rings (SSSR count). The molecule has 0 aliphatic heterocycles. The van der Waals surface area contributed by atoms with Gasteiger partial charge < -0.3 is 14.2 Å². The minimum Gasteiger partial charge on any atom is -0.458 e. The van der Waals surface area contributed by atoms with Crippen molar-refractivity contribution in [3.63, 3.8) is 0 Å². The molecule has 0 spiro atoms. The fourth-order valence-corrected chi connectivity index (χ4v) is 0.467. The molecule has 0 aromatic carbocycles. The molecule has 0 saturated heterocycles. The maximum absolute atomic E-state index is 10.7. The van der Waals surface area contributed by atoms with Gasteiger partial charge in [-0.3, -0.25) is 0 Å². The SMILES string of the molecule is CCOC(=O)C(=O)OCCOC. The molecule has 0 unspecified atom stereocenters. The Bertz CT molecular complexity index is 154. The Kier molecular flexibility index (Phi) is 6.00. The van der Waals surface area contributed by atoms with E-state index in [4.69, 9.17) is 0 Å². The minimum absolute atomic E-state index is 0.0636. The van der Waals surface area contributed by atoms with Crippen molar-refractivity contribution >= 4 is 11.9 Å². The summed E-state index contributed by atoms with van der Waals surface area (Å²) in [4.78, 5) is 21.3. The normalized spacial score (nSPS) is 9.17. The van der Waals surface area contributed by atoms with Crippen LogP contribution in [0.15, 0.2) is 0 Å². The molecular formula is C7H12O5. The molecule has 0 saturated carbocycles. The van der Waals surface area contributed by atoms with E-state index >= 15 is 0 Å². The van der Waals surface area contributed by atoms with E-state index in [-0.39, 0.29) is 19.8 Å². The molecule has 0 aromatic heterocycles. The number of methoxy groups -OCH3 is 1. The molecule has 0 amide bonds. The number of esters is 2. The Labute approximate surface area is 70.6 Å². The Morgan fingerprint density at radius 2 is 1.67 bits per heavy atom. The fourth-order valence-electron chi connectivity index (χ4n) is 0.467. The Hall–Kier alpha value is -1.10. The number of ether oxygens (including phenoxy) is 3. The second-order valence-corrected chi connectivity index (χ2v) is 1.85. The molecule has 12 heavy (non-hydrogen) atoms. The lowest BCUT2D eigenvalue weighted by Gasteiger charge is -2.02. The Morgan fingerprint density at radius 3 is 2.17 bits per heavy atom. The van der Waals surface area contributed by atoms with Crippen LogP contribution in [-0.2, 0) is 23.8 Å². The van der Waals surface area contributed by atoms with E-state index in [1.807, 2.05) is 0 Å². The average molecular weight is 176 g/mol. The summed E-state index contributed by atoms with van der Waals surface area (Å²) < 4.78 is 13.4. The molecule has 70 valence electrons. The first kappa shape index (κ1) is 10.9. The number of hydrogen-bond donors (Lipinski definition) is 0. The molecule has 0 N–H and O–H groups in total. The van der Waals surface area contributed by atoms with Crippen LogP contribution in [0, 0.1) is 0 Å². The minimum atomic E-state index is -0.978. The van der Waals surface area contributed by atoms with Crippen LogP contribution in [0.2, 0.25) is 0 Å².